The third kappa shape index (κ3) is 4.56. The molecule has 0 heterocycles. The minimum absolute atomic E-state index is 0.0832. The summed E-state index contributed by atoms with van der Waals surface area (Å²) in [4.78, 5) is 34.0. The highest BCUT2D eigenvalue weighted by Gasteiger charge is 2.12. The molecule has 0 aliphatic rings. The Morgan fingerprint density at radius 2 is 1.67 bits per heavy atom. The fraction of sp³-hybridized carbons (Fsp3) is 0.125. The number of thioether (sulfide) groups is 1. The van der Waals surface area contributed by atoms with Crippen molar-refractivity contribution in [1.29, 1.82) is 0 Å². The van der Waals surface area contributed by atoms with E-state index in [0.29, 0.717) is 5.56 Å². The third-order valence-electron chi connectivity index (χ3n) is 3.14. The maximum atomic E-state index is 12.0. The van der Waals surface area contributed by atoms with Crippen molar-refractivity contribution in [3.05, 3.63) is 75.3 Å². The van der Waals surface area contributed by atoms with Gasteiger partial charge in [-0.25, -0.2) is 0 Å². The molecule has 24 heavy (non-hydrogen) atoms. The quantitative estimate of drug-likeness (QED) is 0.640. The van der Waals surface area contributed by atoms with Gasteiger partial charge in [0, 0.05) is 29.0 Å². The second-order valence-corrected chi connectivity index (χ2v) is 5.71. The Morgan fingerprint density at radius 3 is 2.25 bits per heavy atom. The van der Waals surface area contributed by atoms with E-state index in [1.165, 1.54) is 18.2 Å². The number of hydrazine groups is 1. The van der Waals surface area contributed by atoms with E-state index < -0.39 is 16.7 Å². The Hall–Kier alpha value is -2.87. The van der Waals surface area contributed by atoms with Crippen LogP contribution in [0.15, 0.2) is 48.5 Å². The van der Waals surface area contributed by atoms with Gasteiger partial charge in [0.05, 0.1) is 4.92 Å². The van der Waals surface area contributed by atoms with E-state index >= 15 is 0 Å². The number of rotatable bonds is 5. The van der Waals surface area contributed by atoms with Crippen molar-refractivity contribution in [3.63, 3.8) is 0 Å². The first-order valence-electron chi connectivity index (χ1n) is 6.94. The molecule has 2 rings (SSSR count). The van der Waals surface area contributed by atoms with Crippen molar-refractivity contribution < 1.29 is 14.5 Å². The minimum atomic E-state index is -0.633. The van der Waals surface area contributed by atoms with Crippen molar-refractivity contribution in [1.82, 2.24) is 10.9 Å². The number of nitro benzene ring substituents is 1. The lowest BCUT2D eigenvalue weighted by Gasteiger charge is -2.08. The topological polar surface area (TPSA) is 101 Å². The van der Waals surface area contributed by atoms with Gasteiger partial charge in [-0.1, -0.05) is 18.2 Å². The fourth-order valence-electron chi connectivity index (χ4n) is 1.94. The monoisotopic (exact) mass is 345 g/mol. The minimum Gasteiger partial charge on any atom is -0.267 e. The molecule has 2 amide bonds. The predicted octanol–water partition coefficient (Wildman–Crippen LogP) is 2.53. The lowest BCUT2D eigenvalue weighted by Crippen LogP contribution is -2.41. The van der Waals surface area contributed by atoms with E-state index in [9.17, 15) is 19.7 Å². The zero-order valence-electron chi connectivity index (χ0n) is 12.8. The Balaban J connectivity index is 1.97. The molecule has 0 unspecified atom stereocenters. The van der Waals surface area contributed by atoms with E-state index in [1.807, 2.05) is 18.4 Å². The molecule has 0 saturated heterocycles. The van der Waals surface area contributed by atoms with Crippen LogP contribution in [0, 0.1) is 10.1 Å². The molecule has 2 aromatic carbocycles. The molecule has 0 radical (unpaired) electrons. The highest BCUT2D eigenvalue weighted by atomic mass is 32.2. The largest absolute Gasteiger partial charge is 0.270 e. The summed E-state index contributed by atoms with van der Waals surface area (Å²) in [5.41, 5.74) is 5.91. The first kappa shape index (κ1) is 17.5. The first-order chi connectivity index (χ1) is 11.5. The second-order valence-electron chi connectivity index (χ2n) is 4.85. The van der Waals surface area contributed by atoms with E-state index in [1.54, 1.807) is 23.9 Å². The number of nitro groups is 1. The van der Waals surface area contributed by atoms with Crippen molar-refractivity contribution in [3.8, 4) is 0 Å². The highest BCUT2D eigenvalue weighted by molar-refractivity contribution is 7.97. The molecule has 0 aliphatic heterocycles. The predicted molar refractivity (Wildman–Crippen MR) is 91.7 cm³/mol. The summed E-state index contributed by atoms with van der Waals surface area (Å²) >= 11 is 1.68. The molecule has 2 aromatic rings. The molecular formula is C16H15N3O4S. The second kappa shape index (κ2) is 8.11. The number of nitrogens with zero attached hydrogens (tertiary/aromatic N) is 1. The molecule has 0 atom stereocenters. The van der Waals surface area contributed by atoms with Crippen LogP contribution in [-0.2, 0) is 5.75 Å². The van der Waals surface area contributed by atoms with Crippen LogP contribution in [0.2, 0.25) is 0 Å². The summed E-state index contributed by atoms with van der Waals surface area (Å²) < 4.78 is 0. The van der Waals surface area contributed by atoms with E-state index in [0.717, 1.165) is 17.4 Å². The maximum absolute atomic E-state index is 12.0. The number of carbonyl (C=O) groups excluding carboxylic acids is 2. The number of benzene rings is 2. The number of hydrogen-bond donors (Lipinski definition) is 2. The SMILES string of the molecule is CSCc1ccc(C(=O)NNC(=O)c2cccc([N+](=O)[O-])c2)cc1. The smallest absolute Gasteiger partial charge is 0.267 e. The van der Waals surface area contributed by atoms with Gasteiger partial charge >= 0.3 is 0 Å². The number of non-ortho nitro benzene ring substituents is 1. The van der Waals surface area contributed by atoms with Crippen molar-refractivity contribution >= 4 is 29.3 Å². The summed E-state index contributed by atoms with van der Waals surface area (Å²) in [5.74, 6) is -0.249. The zero-order chi connectivity index (χ0) is 17.5. The van der Waals surface area contributed by atoms with Gasteiger partial charge in [0.1, 0.15) is 0 Å². The highest BCUT2D eigenvalue weighted by Crippen LogP contribution is 2.13. The maximum Gasteiger partial charge on any atom is 0.270 e. The Kier molecular flexibility index (Phi) is 5.91. The van der Waals surface area contributed by atoms with Gasteiger partial charge in [-0.2, -0.15) is 11.8 Å². The van der Waals surface area contributed by atoms with Crippen LogP contribution >= 0.6 is 11.8 Å². The number of nitrogens with one attached hydrogen (secondary N) is 2. The van der Waals surface area contributed by atoms with E-state index in [4.69, 9.17) is 0 Å². The van der Waals surface area contributed by atoms with Crippen LogP contribution in [0.25, 0.3) is 0 Å². The molecule has 0 saturated carbocycles. The normalized spacial score (nSPS) is 10.0. The van der Waals surface area contributed by atoms with Crippen molar-refractivity contribution in [2.45, 2.75) is 5.75 Å². The molecule has 2 N–H and O–H groups in total. The molecule has 8 heteroatoms. The molecule has 0 fully saturated rings. The lowest BCUT2D eigenvalue weighted by molar-refractivity contribution is -0.384. The number of carbonyl (C=O) groups is 2. The zero-order valence-corrected chi connectivity index (χ0v) is 13.6. The van der Waals surface area contributed by atoms with Gasteiger partial charge < -0.3 is 0 Å². The van der Waals surface area contributed by atoms with Gasteiger partial charge in [-0.3, -0.25) is 30.6 Å². The molecular weight excluding hydrogens is 330 g/mol. The Labute approximate surface area is 142 Å². The molecule has 0 aliphatic carbocycles. The average molecular weight is 345 g/mol. The lowest BCUT2D eigenvalue weighted by atomic mass is 10.1. The Morgan fingerprint density at radius 1 is 1.04 bits per heavy atom. The first-order valence-corrected chi connectivity index (χ1v) is 8.33. The Bertz CT molecular complexity index is 762. The van der Waals surface area contributed by atoms with Gasteiger partial charge in [-0.15, -0.1) is 0 Å². The van der Waals surface area contributed by atoms with Gasteiger partial charge in [-0.05, 0) is 30.0 Å². The summed E-state index contributed by atoms with van der Waals surface area (Å²) in [6.45, 7) is 0. The molecule has 124 valence electrons. The summed E-state index contributed by atoms with van der Waals surface area (Å²) in [6.07, 6.45) is 1.99. The molecule has 0 bridgehead atoms. The fourth-order valence-corrected chi connectivity index (χ4v) is 2.46. The van der Waals surface area contributed by atoms with Crippen LogP contribution in [0.3, 0.4) is 0 Å². The third-order valence-corrected chi connectivity index (χ3v) is 3.76. The number of hydrogen-bond acceptors (Lipinski definition) is 5. The van der Waals surface area contributed by atoms with Crippen LogP contribution in [0.5, 0.6) is 0 Å². The van der Waals surface area contributed by atoms with Crippen molar-refractivity contribution in [2.75, 3.05) is 6.26 Å². The van der Waals surface area contributed by atoms with Crippen LogP contribution in [0.1, 0.15) is 26.3 Å². The van der Waals surface area contributed by atoms with Gasteiger partial charge in [0.2, 0.25) is 0 Å². The van der Waals surface area contributed by atoms with Crippen LogP contribution in [0.4, 0.5) is 5.69 Å². The van der Waals surface area contributed by atoms with Gasteiger partial charge in [0.25, 0.3) is 17.5 Å². The van der Waals surface area contributed by atoms with E-state index in [-0.39, 0.29) is 11.3 Å². The summed E-state index contributed by atoms with van der Waals surface area (Å²) in [5, 5.41) is 10.7. The summed E-state index contributed by atoms with van der Waals surface area (Å²) in [6, 6.07) is 12.3. The summed E-state index contributed by atoms with van der Waals surface area (Å²) in [7, 11) is 0. The molecule has 0 aromatic heterocycles. The molecule has 7 nitrogen and oxygen atoms in total. The standard InChI is InChI=1S/C16H15N3O4S/c1-24-10-11-5-7-12(8-6-11)15(20)17-18-16(21)13-3-2-4-14(9-13)19(22)23/h2-9H,10H2,1H3,(H,17,20)(H,18,21). The van der Waals surface area contributed by atoms with Crippen molar-refractivity contribution in [2.24, 2.45) is 0 Å². The number of amides is 2. The van der Waals surface area contributed by atoms with E-state index in [2.05, 4.69) is 10.9 Å². The van der Waals surface area contributed by atoms with Crippen LogP contribution < -0.4 is 10.9 Å². The van der Waals surface area contributed by atoms with Gasteiger partial charge in [0.15, 0.2) is 0 Å². The average Bonchev–Trinajstić information content (AvgIpc) is 2.60. The molecule has 0 spiro atoms. The van der Waals surface area contributed by atoms with Crippen LogP contribution in [-0.4, -0.2) is 23.0 Å².